The predicted octanol–water partition coefficient (Wildman–Crippen LogP) is 2.25. The summed E-state index contributed by atoms with van der Waals surface area (Å²) >= 11 is 1.50. The van der Waals surface area contributed by atoms with Gasteiger partial charge in [0.15, 0.2) is 0 Å². The number of carbonyl (C=O) groups is 1. The highest BCUT2D eigenvalue weighted by atomic mass is 32.1. The van der Waals surface area contributed by atoms with Crippen molar-refractivity contribution >= 4 is 17.2 Å². The third kappa shape index (κ3) is 4.44. The van der Waals surface area contributed by atoms with Crippen LogP contribution in [0.15, 0.2) is 6.07 Å². The lowest BCUT2D eigenvalue weighted by Gasteiger charge is -2.26. The summed E-state index contributed by atoms with van der Waals surface area (Å²) in [5, 5.41) is 0. The summed E-state index contributed by atoms with van der Waals surface area (Å²) in [6, 6.07) is 1.92. The Balaban J connectivity index is 2.12. The molecular formula is C16H26N2O3S. The molecule has 0 unspecified atom stereocenters. The number of carbonyl (C=O) groups excluding carboxylic acids is 1. The van der Waals surface area contributed by atoms with Crippen molar-refractivity contribution in [2.45, 2.75) is 25.9 Å². The van der Waals surface area contributed by atoms with Gasteiger partial charge in [0, 0.05) is 31.1 Å². The molecule has 5 nitrogen and oxygen atoms in total. The highest BCUT2D eigenvalue weighted by Crippen LogP contribution is 2.30. The van der Waals surface area contributed by atoms with Crippen molar-refractivity contribution in [3.63, 3.8) is 0 Å². The van der Waals surface area contributed by atoms with E-state index in [2.05, 4.69) is 4.90 Å². The average molecular weight is 326 g/mol. The fraction of sp³-hybridized carbons (Fsp3) is 0.688. The normalized spacial score (nSPS) is 18.0. The van der Waals surface area contributed by atoms with Crippen LogP contribution in [0.2, 0.25) is 0 Å². The molecule has 124 valence electrons. The van der Waals surface area contributed by atoms with E-state index in [4.69, 9.17) is 9.47 Å². The fourth-order valence-corrected chi connectivity index (χ4v) is 3.51. The van der Waals surface area contributed by atoms with Gasteiger partial charge in [-0.3, -0.25) is 4.79 Å². The van der Waals surface area contributed by atoms with Crippen molar-refractivity contribution in [1.82, 2.24) is 9.80 Å². The van der Waals surface area contributed by atoms with Crippen molar-refractivity contribution < 1.29 is 14.3 Å². The molecule has 1 saturated heterocycles. The third-order valence-electron chi connectivity index (χ3n) is 3.79. The highest BCUT2D eigenvalue weighted by molar-refractivity contribution is 7.14. The van der Waals surface area contributed by atoms with E-state index < -0.39 is 0 Å². The van der Waals surface area contributed by atoms with Gasteiger partial charge < -0.3 is 19.3 Å². The van der Waals surface area contributed by atoms with E-state index in [-0.39, 0.29) is 12.0 Å². The number of hydrogen-bond acceptors (Lipinski definition) is 5. The van der Waals surface area contributed by atoms with Gasteiger partial charge in [-0.1, -0.05) is 0 Å². The van der Waals surface area contributed by atoms with Gasteiger partial charge in [-0.2, -0.15) is 0 Å². The predicted molar refractivity (Wildman–Crippen MR) is 89.0 cm³/mol. The molecule has 1 fully saturated rings. The van der Waals surface area contributed by atoms with Crippen LogP contribution in [0.25, 0.3) is 0 Å². The van der Waals surface area contributed by atoms with Gasteiger partial charge in [0.25, 0.3) is 5.91 Å². The first-order valence-electron chi connectivity index (χ1n) is 7.71. The highest BCUT2D eigenvalue weighted by Gasteiger charge is 2.26. The number of ether oxygens (including phenoxy) is 2. The van der Waals surface area contributed by atoms with Gasteiger partial charge in [-0.25, -0.2) is 0 Å². The van der Waals surface area contributed by atoms with Crippen molar-refractivity contribution in [2.75, 3.05) is 47.4 Å². The maximum absolute atomic E-state index is 12.9. The number of rotatable bonds is 7. The molecule has 1 amide bonds. The van der Waals surface area contributed by atoms with Crippen LogP contribution in [0.1, 0.15) is 27.4 Å². The number of amides is 1. The van der Waals surface area contributed by atoms with Crippen molar-refractivity contribution in [3.8, 4) is 5.75 Å². The Morgan fingerprint density at radius 1 is 1.45 bits per heavy atom. The Labute approximate surface area is 136 Å². The van der Waals surface area contributed by atoms with Crippen molar-refractivity contribution in [2.24, 2.45) is 0 Å². The van der Waals surface area contributed by atoms with E-state index in [1.54, 1.807) is 7.11 Å². The molecule has 0 saturated carbocycles. The molecule has 22 heavy (non-hydrogen) atoms. The number of methoxy groups -OCH3 is 1. The summed E-state index contributed by atoms with van der Waals surface area (Å²) in [6.45, 7) is 5.00. The maximum Gasteiger partial charge on any atom is 0.267 e. The molecule has 1 aromatic heterocycles. The number of nitrogens with zero attached hydrogens (tertiary/aromatic N) is 2. The summed E-state index contributed by atoms with van der Waals surface area (Å²) in [7, 11) is 5.65. The molecule has 0 aromatic carbocycles. The van der Waals surface area contributed by atoms with E-state index in [0.717, 1.165) is 30.9 Å². The second kappa shape index (κ2) is 7.94. The van der Waals surface area contributed by atoms with Crippen LogP contribution in [-0.2, 0) is 4.74 Å². The van der Waals surface area contributed by atoms with Gasteiger partial charge >= 0.3 is 0 Å². The Kier molecular flexibility index (Phi) is 6.23. The lowest BCUT2D eigenvalue weighted by atomic mass is 10.2. The zero-order valence-corrected chi connectivity index (χ0v) is 14.7. The topological polar surface area (TPSA) is 42.0 Å². The molecule has 0 bridgehead atoms. The summed E-state index contributed by atoms with van der Waals surface area (Å²) < 4.78 is 11.1. The Bertz CT molecular complexity index is 496. The minimum Gasteiger partial charge on any atom is -0.495 e. The summed E-state index contributed by atoms with van der Waals surface area (Å²) in [5.74, 6) is 0.724. The lowest BCUT2D eigenvalue weighted by molar-refractivity contribution is 0.0513. The van der Waals surface area contributed by atoms with Gasteiger partial charge in [0.1, 0.15) is 10.6 Å². The second-order valence-electron chi connectivity index (χ2n) is 5.94. The van der Waals surface area contributed by atoms with E-state index >= 15 is 0 Å². The minimum absolute atomic E-state index is 0.0484. The number of hydrogen-bond donors (Lipinski definition) is 0. The zero-order chi connectivity index (χ0) is 16.1. The first-order valence-corrected chi connectivity index (χ1v) is 8.53. The quantitative estimate of drug-likeness (QED) is 0.771. The number of thiophene rings is 1. The molecule has 0 N–H and O–H groups in total. The van der Waals surface area contributed by atoms with E-state index in [1.807, 2.05) is 32.0 Å². The molecule has 0 radical (unpaired) electrons. The molecule has 2 heterocycles. The third-order valence-corrected chi connectivity index (χ3v) is 4.81. The fourth-order valence-electron chi connectivity index (χ4n) is 2.57. The summed E-state index contributed by atoms with van der Waals surface area (Å²) in [4.78, 5) is 18.7. The monoisotopic (exact) mass is 326 g/mol. The Hall–Kier alpha value is -1.11. The Morgan fingerprint density at radius 2 is 2.23 bits per heavy atom. The van der Waals surface area contributed by atoms with Crippen LogP contribution >= 0.6 is 11.3 Å². The van der Waals surface area contributed by atoms with Crippen LogP contribution in [0.4, 0.5) is 0 Å². The molecule has 6 heteroatoms. The van der Waals surface area contributed by atoms with Gasteiger partial charge in [-0.05, 0) is 39.9 Å². The number of aryl methyl sites for hydroxylation is 1. The van der Waals surface area contributed by atoms with E-state index in [9.17, 15) is 4.79 Å². The minimum atomic E-state index is 0.0484. The summed E-state index contributed by atoms with van der Waals surface area (Å²) in [6.07, 6.45) is 2.28. The molecule has 0 aliphatic carbocycles. The lowest BCUT2D eigenvalue weighted by Crippen LogP contribution is -2.41. The largest absolute Gasteiger partial charge is 0.495 e. The molecule has 1 aliphatic rings. The Morgan fingerprint density at radius 3 is 2.82 bits per heavy atom. The van der Waals surface area contributed by atoms with Gasteiger partial charge in [0.05, 0.1) is 13.2 Å². The first-order chi connectivity index (χ1) is 10.5. The smallest absolute Gasteiger partial charge is 0.267 e. The first kappa shape index (κ1) is 17.2. The zero-order valence-electron chi connectivity index (χ0n) is 13.9. The molecule has 1 atom stereocenters. The molecule has 1 aliphatic heterocycles. The van der Waals surface area contributed by atoms with Crippen LogP contribution in [0, 0.1) is 6.92 Å². The maximum atomic E-state index is 12.9. The second-order valence-corrected chi connectivity index (χ2v) is 7.20. The standard InChI is InChI=1S/C16H26N2O3S/c1-12-10-14(20-4)15(22-12)16(19)18(8-7-17(2)3)11-13-6-5-9-21-13/h10,13H,5-9,11H2,1-4H3/t13-/m1/s1. The van der Waals surface area contributed by atoms with E-state index in [0.29, 0.717) is 23.7 Å². The van der Waals surface area contributed by atoms with Crippen LogP contribution in [-0.4, -0.2) is 69.3 Å². The SMILES string of the molecule is COc1cc(C)sc1C(=O)N(CCN(C)C)C[C@H]1CCCO1. The summed E-state index contributed by atoms with van der Waals surface area (Å²) in [5.41, 5.74) is 0. The average Bonchev–Trinajstić information content (AvgIpc) is 3.11. The van der Waals surface area contributed by atoms with Crippen LogP contribution in [0.5, 0.6) is 5.75 Å². The molecule has 0 spiro atoms. The van der Waals surface area contributed by atoms with Crippen molar-refractivity contribution in [1.29, 1.82) is 0 Å². The van der Waals surface area contributed by atoms with Gasteiger partial charge in [-0.15, -0.1) is 11.3 Å². The van der Waals surface area contributed by atoms with Crippen LogP contribution < -0.4 is 4.74 Å². The van der Waals surface area contributed by atoms with Crippen LogP contribution in [0.3, 0.4) is 0 Å². The molecular weight excluding hydrogens is 300 g/mol. The molecule has 2 rings (SSSR count). The van der Waals surface area contributed by atoms with Gasteiger partial charge in [0.2, 0.25) is 0 Å². The molecule has 1 aromatic rings. The number of likely N-dealkylation sites (N-methyl/N-ethyl adjacent to an activating group) is 1. The van der Waals surface area contributed by atoms with Crippen molar-refractivity contribution in [3.05, 3.63) is 15.8 Å². The van der Waals surface area contributed by atoms with E-state index in [1.165, 1.54) is 11.3 Å².